The van der Waals surface area contributed by atoms with Gasteiger partial charge in [-0.15, -0.1) is 0 Å². The van der Waals surface area contributed by atoms with Gasteiger partial charge in [0.25, 0.3) is 5.56 Å². The first kappa shape index (κ1) is 10.9. The molecule has 0 amide bonds. The molecule has 84 valence electrons. The normalized spacial score (nSPS) is 12.9. The minimum atomic E-state index is -0.0320. The van der Waals surface area contributed by atoms with Crippen molar-refractivity contribution < 1.29 is 0 Å². The quantitative estimate of drug-likeness (QED) is 0.803. The number of hydrogen-bond donors (Lipinski definition) is 2. The van der Waals surface area contributed by atoms with Crippen molar-refractivity contribution in [3.63, 3.8) is 0 Å². The summed E-state index contributed by atoms with van der Waals surface area (Å²) < 4.78 is 0. The van der Waals surface area contributed by atoms with Gasteiger partial charge in [0.05, 0.1) is 0 Å². The molecule has 0 radical (unpaired) electrons. The zero-order valence-corrected chi connectivity index (χ0v) is 9.58. The zero-order chi connectivity index (χ0) is 11.7. The van der Waals surface area contributed by atoms with Gasteiger partial charge in [0, 0.05) is 17.1 Å². The summed E-state index contributed by atoms with van der Waals surface area (Å²) in [6, 6.07) is 7.97. The highest BCUT2D eigenvalue weighted by atomic mass is 16.1. The molecule has 3 N–H and O–H groups in total. The van der Waals surface area contributed by atoms with Crippen LogP contribution in [0.2, 0.25) is 0 Å². The van der Waals surface area contributed by atoms with Crippen LogP contribution in [0, 0.1) is 6.92 Å². The second-order valence-electron chi connectivity index (χ2n) is 4.40. The number of aromatic nitrogens is 1. The molecule has 0 aliphatic heterocycles. The largest absolute Gasteiger partial charge is 0.328 e. The Bertz CT molecular complexity index is 570. The number of benzene rings is 1. The zero-order valence-electron chi connectivity index (χ0n) is 9.58. The van der Waals surface area contributed by atoms with Gasteiger partial charge < -0.3 is 10.7 Å². The average molecular weight is 216 g/mol. The average Bonchev–Trinajstić information content (AvgIpc) is 2.19. The van der Waals surface area contributed by atoms with E-state index >= 15 is 0 Å². The first-order valence-corrected chi connectivity index (χ1v) is 5.44. The van der Waals surface area contributed by atoms with E-state index in [0.717, 1.165) is 22.0 Å². The third-order valence-corrected chi connectivity index (χ3v) is 2.62. The van der Waals surface area contributed by atoms with Crippen LogP contribution in [0.4, 0.5) is 0 Å². The molecule has 1 unspecified atom stereocenters. The molecule has 1 heterocycles. The maximum atomic E-state index is 11.8. The van der Waals surface area contributed by atoms with E-state index in [-0.39, 0.29) is 11.6 Å². The van der Waals surface area contributed by atoms with Gasteiger partial charge >= 0.3 is 0 Å². The van der Waals surface area contributed by atoms with E-state index in [1.807, 2.05) is 38.1 Å². The second kappa shape index (κ2) is 4.10. The Morgan fingerprint density at radius 1 is 1.38 bits per heavy atom. The van der Waals surface area contributed by atoms with E-state index in [1.165, 1.54) is 0 Å². The van der Waals surface area contributed by atoms with Gasteiger partial charge in [0.1, 0.15) is 0 Å². The van der Waals surface area contributed by atoms with Crippen LogP contribution >= 0.6 is 0 Å². The lowest BCUT2D eigenvalue weighted by molar-refractivity contribution is 0.732. The van der Waals surface area contributed by atoms with E-state index in [4.69, 9.17) is 5.73 Å². The molecule has 1 aromatic carbocycles. The number of aromatic amines is 1. The number of hydrogen-bond acceptors (Lipinski definition) is 2. The summed E-state index contributed by atoms with van der Waals surface area (Å²) in [4.78, 5) is 14.7. The molecule has 3 heteroatoms. The first-order chi connectivity index (χ1) is 7.56. The van der Waals surface area contributed by atoms with Crippen molar-refractivity contribution in [2.24, 2.45) is 5.73 Å². The van der Waals surface area contributed by atoms with Crippen molar-refractivity contribution in [1.29, 1.82) is 0 Å². The second-order valence-corrected chi connectivity index (χ2v) is 4.40. The van der Waals surface area contributed by atoms with Crippen molar-refractivity contribution in [3.05, 3.63) is 45.7 Å². The van der Waals surface area contributed by atoms with E-state index < -0.39 is 0 Å². The SMILES string of the molecule is Cc1ccc2cc(CC(C)N)c(=O)[nH]c2c1. The van der Waals surface area contributed by atoms with Crippen LogP contribution in [0.1, 0.15) is 18.1 Å². The van der Waals surface area contributed by atoms with Gasteiger partial charge in [-0.3, -0.25) is 4.79 Å². The van der Waals surface area contributed by atoms with E-state index in [1.54, 1.807) is 0 Å². The molecular formula is C13H16N2O. The van der Waals surface area contributed by atoms with Crippen LogP contribution in [0.3, 0.4) is 0 Å². The van der Waals surface area contributed by atoms with Gasteiger partial charge in [-0.05, 0) is 43.4 Å². The molecule has 0 spiro atoms. The predicted octanol–water partition coefficient (Wildman–Crippen LogP) is 1.73. The van der Waals surface area contributed by atoms with Gasteiger partial charge in [-0.25, -0.2) is 0 Å². The fraction of sp³-hybridized carbons (Fsp3) is 0.308. The lowest BCUT2D eigenvalue weighted by atomic mass is 10.1. The highest BCUT2D eigenvalue weighted by Crippen LogP contribution is 2.13. The standard InChI is InChI=1S/C13H16N2O/c1-8-3-4-10-7-11(6-9(2)14)13(16)15-12(10)5-8/h3-5,7,9H,6,14H2,1-2H3,(H,15,16). The number of fused-ring (bicyclic) bond motifs is 1. The molecule has 1 atom stereocenters. The highest BCUT2D eigenvalue weighted by Gasteiger charge is 2.05. The minimum absolute atomic E-state index is 0.00370. The van der Waals surface area contributed by atoms with Crippen molar-refractivity contribution in [2.75, 3.05) is 0 Å². The first-order valence-electron chi connectivity index (χ1n) is 5.44. The topological polar surface area (TPSA) is 58.9 Å². The molecule has 0 bridgehead atoms. The fourth-order valence-corrected chi connectivity index (χ4v) is 1.86. The van der Waals surface area contributed by atoms with Crippen molar-refractivity contribution in [2.45, 2.75) is 26.3 Å². The molecule has 3 nitrogen and oxygen atoms in total. The van der Waals surface area contributed by atoms with Crippen LogP contribution in [0.25, 0.3) is 10.9 Å². The Balaban J connectivity index is 2.58. The summed E-state index contributed by atoms with van der Waals surface area (Å²) >= 11 is 0. The molecule has 16 heavy (non-hydrogen) atoms. The molecule has 0 aliphatic carbocycles. The molecular weight excluding hydrogens is 200 g/mol. The van der Waals surface area contributed by atoms with Gasteiger partial charge in [-0.1, -0.05) is 12.1 Å². The Morgan fingerprint density at radius 2 is 2.12 bits per heavy atom. The van der Waals surface area contributed by atoms with Crippen LogP contribution in [0.5, 0.6) is 0 Å². The lowest BCUT2D eigenvalue weighted by Crippen LogP contribution is -2.23. The van der Waals surface area contributed by atoms with E-state index in [2.05, 4.69) is 4.98 Å². The molecule has 2 rings (SSSR count). The van der Waals surface area contributed by atoms with Crippen molar-refractivity contribution >= 4 is 10.9 Å². The Hall–Kier alpha value is -1.61. The van der Waals surface area contributed by atoms with E-state index in [9.17, 15) is 4.79 Å². The molecule has 0 saturated heterocycles. The molecule has 0 saturated carbocycles. The smallest absolute Gasteiger partial charge is 0.251 e. The number of aryl methyl sites for hydroxylation is 1. The number of rotatable bonds is 2. The summed E-state index contributed by atoms with van der Waals surface area (Å²) in [5, 5.41) is 1.06. The number of nitrogens with one attached hydrogen (secondary N) is 1. The van der Waals surface area contributed by atoms with Gasteiger partial charge in [0.15, 0.2) is 0 Å². The van der Waals surface area contributed by atoms with Crippen molar-refractivity contribution in [1.82, 2.24) is 4.98 Å². The number of nitrogens with two attached hydrogens (primary N) is 1. The molecule has 1 aromatic heterocycles. The number of pyridine rings is 1. The van der Waals surface area contributed by atoms with E-state index in [0.29, 0.717) is 6.42 Å². The number of H-pyrrole nitrogens is 1. The fourth-order valence-electron chi connectivity index (χ4n) is 1.86. The summed E-state index contributed by atoms with van der Waals surface area (Å²) in [6.07, 6.45) is 0.610. The highest BCUT2D eigenvalue weighted by molar-refractivity contribution is 5.79. The van der Waals surface area contributed by atoms with Crippen LogP contribution < -0.4 is 11.3 Å². The summed E-state index contributed by atoms with van der Waals surface area (Å²) in [7, 11) is 0. The summed E-state index contributed by atoms with van der Waals surface area (Å²) in [6.45, 7) is 3.91. The monoisotopic (exact) mass is 216 g/mol. The van der Waals surface area contributed by atoms with Gasteiger partial charge in [0.2, 0.25) is 0 Å². The Labute approximate surface area is 94.3 Å². The Kier molecular flexibility index (Phi) is 2.79. The lowest BCUT2D eigenvalue weighted by Gasteiger charge is -2.06. The van der Waals surface area contributed by atoms with Crippen LogP contribution in [-0.2, 0) is 6.42 Å². The summed E-state index contributed by atoms with van der Waals surface area (Å²) in [5.41, 5.74) is 8.46. The minimum Gasteiger partial charge on any atom is -0.328 e. The molecule has 2 aromatic rings. The Morgan fingerprint density at radius 3 is 2.81 bits per heavy atom. The van der Waals surface area contributed by atoms with Gasteiger partial charge in [-0.2, -0.15) is 0 Å². The third kappa shape index (κ3) is 2.14. The van der Waals surface area contributed by atoms with Crippen LogP contribution in [-0.4, -0.2) is 11.0 Å². The third-order valence-electron chi connectivity index (χ3n) is 2.62. The maximum Gasteiger partial charge on any atom is 0.251 e. The van der Waals surface area contributed by atoms with Crippen molar-refractivity contribution in [3.8, 4) is 0 Å². The predicted molar refractivity (Wildman–Crippen MR) is 66.7 cm³/mol. The molecule has 0 aliphatic rings. The summed E-state index contributed by atoms with van der Waals surface area (Å²) in [5.74, 6) is 0. The molecule has 0 fully saturated rings. The van der Waals surface area contributed by atoms with Crippen LogP contribution in [0.15, 0.2) is 29.1 Å². The maximum absolute atomic E-state index is 11.8.